The lowest BCUT2D eigenvalue weighted by molar-refractivity contribution is -0.128. The van der Waals surface area contributed by atoms with Crippen molar-refractivity contribution in [1.82, 2.24) is 5.32 Å². The van der Waals surface area contributed by atoms with Gasteiger partial charge < -0.3 is 20.1 Å². The number of thiophene rings is 1. The van der Waals surface area contributed by atoms with Crippen LogP contribution in [0.15, 0.2) is 54.6 Å². The number of carbonyl (C=O) groups excluding carboxylic acids is 2. The molecule has 2 atom stereocenters. The van der Waals surface area contributed by atoms with E-state index in [1.165, 1.54) is 16.5 Å². The Balaban J connectivity index is 1.23. The van der Waals surface area contributed by atoms with Gasteiger partial charge in [0.15, 0.2) is 0 Å². The predicted molar refractivity (Wildman–Crippen MR) is 152 cm³/mol. The molecule has 1 aliphatic carbocycles. The number of amides is 1. The maximum atomic E-state index is 13.1. The summed E-state index contributed by atoms with van der Waals surface area (Å²) in [7, 11) is 1.61. The smallest absolute Gasteiger partial charge is 0.336 e. The molecule has 0 fully saturated rings. The molecular formula is C31H34N2O4S. The van der Waals surface area contributed by atoms with Crippen LogP contribution < -0.4 is 20.1 Å². The first-order valence-corrected chi connectivity index (χ1v) is 13.9. The first kappa shape index (κ1) is 26.0. The third-order valence-electron chi connectivity index (χ3n) is 8.02. The van der Waals surface area contributed by atoms with Gasteiger partial charge in [0, 0.05) is 11.0 Å². The van der Waals surface area contributed by atoms with Crippen LogP contribution in [0, 0.1) is 11.3 Å². The average molecular weight is 531 g/mol. The molecular weight excluding hydrogens is 496 g/mol. The lowest BCUT2D eigenvalue weighted by Gasteiger charge is -2.36. The molecule has 1 amide bonds. The second-order valence-electron chi connectivity index (χ2n) is 10.6. The summed E-state index contributed by atoms with van der Waals surface area (Å²) in [6.45, 7) is 6.98. The molecule has 1 aliphatic heterocycles. The van der Waals surface area contributed by atoms with Gasteiger partial charge >= 0.3 is 5.97 Å². The number of esters is 1. The van der Waals surface area contributed by atoms with Crippen LogP contribution in [0.25, 0.3) is 6.08 Å². The largest absolute Gasteiger partial charge is 0.497 e. The number of methoxy groups -OCH3 is 1. The fraction of sp³-hybridized carbons (Fsp3) is 0.355. The molecule has 198 valence electrons. The number of hydrogen-bond acceptors (Lipinski definition) is 6. The Morgan fingerprint density at radius 2 is 1.79 bits per heavy atom. The van der Waals surface area contributed by atoms with Gasteiger partial charge in [-0.25, -0.2) is 4.79 Å². The fourth-order valence-electron chi connectivity index (χ4n) is 5.18. The highest BCUT2D eigenvalue weighted by molar-refractivity contribution is 7.16. The van der Waals surface area contributed by atoms with Crippen molar-refractivity contribution in [1.29, 1.82) is 0 Å². The second kappa shape index (κ2) is 10.7. The van der Waals surface area contributed by atoms with E-state index in [1.54, 1.807) is 36.7 Å². The number of anilines is 1. The van der Waals surface area contributed by atoms with Crippen molar-refractivity contribution in [3.8, 4) is 11.5 Å². The lowest BCUT2D eigenvalue weighted by Crippen LogP contribution is -2.38. The summed E-state index contributed by atoms with van der Waals surface area (Å²) in [5.41, 5.74) is 4.12. The summed E-state index contributed by atoms with van der Waals surface area (Å²) in [6, 6.07) is 14.6. The molecule has 5 rings (SSSR count). The summed E-state index contributed by atoms with van der Waals surface area (Å²) in [5.74, 6) is 1.36. The molecule has 2 heterocycles. The summed E-state index contributed by atoms with van der Waals surface area (Å²) < 4.78 is 10.6. The van der Waals surface area contributed by atoms with E-state index in [0.29, 0.717) is 17.1 Å². The van der Waals surface area contributed by atoms with Crippen LogP contribution in [0.3, 0.4) is 0 Å². The van der Waals surface area contributed by atoms with Gasteiger partial charge in [0.2, 0.25) is 0 Å². The number of carbonyl (C=O) groups is 2. The molecule has 3 aromatic rings. The first-order valence-electron chi connectivity index (χ1n) is 13.1. The van der Waals surface area contributed by atoms with Crippen molar-refractivity contribution >= 4 is 34.3 Å². The van der Waals surface area contributed by atoms with E-state index in [1.807, 2.05) is 36.4 Å². The summed E-state index contributed by atoms with van der Waals surface area (Å²) >= 11 is 1.73. The molecule has 1 aromatic heterocycles. The van der Waals surface area contributed by atoms with Crippen LogP contribution in [-0.4, -0.2) is 19.0 Å². The Hall–Kier alpha value is -3.58. The van der Waals surface area contributed by atoms with Gasteiger partial charge in [0.05, 0.1) is 12.7 Å². The molecule has 2 N–H and O–H groups in total. The molecule has 0 unspecified atom stereocenters. The third-order valence-corrected chi connectivity index (χ3v) is 9.20. The quantitative estimate of drug-likeness (QED) is 0.200. The monoisotopic (exact) mass is 530 g/mol. The van der Waals surface area contributed by atoms with Gasteiger partial charge in [-0.15, -0.1) is 11.3 Å². The minimum absolute atomic E-state index is 0.0198. The van der Waals surface area contributed by atoms with E-state index in [0.717, 1.165) is 53.1 Å². The Morgan fingerprint density at radius 1 is 1.08 bits per heavy atom. The van der Waals surface area contributed by atoms with Crippen molar-refractivity contribution in [2.24, 2.45) is 11.3 Å². The van der Waals surface area contributed by atoms with Crippen LogP contribution in [0.4, 0.5) is 5.00 Å². The van der Waals surface area contributed by atoms with Crippen LogP contribution in [0.1, 0.15) is 71.7 Å². The normalized spacial score (nSPS) is 18.8. The van der Waals surface area contributed by atoms with Crippen LogP contribution in [0.5, 0.6) is 11.5 Å². The highest BCUT2D eigenvalue weighted by Gasteiger charge is 2.37. The van der Waals surface area contributed by atoms with Crippen LogP contribution in [-0.2, 0) is 17.6 Å². The van der Waals surface area contributed by atoms with Gasteiger partial charge in [-0.05, 0) is 77.6 Å². The minimum atomic E-state index is -0.462. The third kappa shape index (κ3) is 5.34. The van der Waals surface area contributed by atoms with E-state index in [9.17, 15) is 9.59 Å². The van der Waals surface area contributed by atoms with Gasteiger partial charge in [0.1, 0.15) is 22.7 Å². The van der Waals surface area contributed by atoms with Crippen LogP contribution in [0.2, 0.25) is 0 Å². The zero-order valence-corrected chi connectivity index (χ0v) is 23.1. The predicted octanol–water partition coefficient (Wildman–Crippen LogP) is 6.77. The number of rotatable bonds is 7. The molecule has 0 saturated heterocycles. The topological polar surface area (TPSA) is 76.7 Å². The van der Waals surface area contributed by atoms with E-state index in [4.69, 9.17) is 9.47 Å². The number of fused-ring (bicyclic) bond motifs is 3. The maximum absolute atomic E-state index is 13.1. The molecule has 6 nitrogen and oxygen atoms in total. The fourth-order valence-corrected chi connectivity index (χ4v) is 6.53. The van der Waals surface area contributed by atoms with Gasteiger partial charge in [-0.2, -0.15) is 0 Å². The molecule has 0 saturated carbocycles. The van der Waals surface area contributed by atoms with Gasteiger partial charge in [0.25, 0.3) is 5.91 Å². The molecule has 2 aromatic carbocycles. The van der Waals surface area contributed by atoms with Gasteiger partial charge in [-0.3, -0.25) is 4.79 Å². The van der Waals surface area contributed by atoms with Crippen molar-refractivity contribution < 1.29 is 19.1 Å². The van der Waals surface area contributed by atoms with Crippen molar-refractivity contribution in [3.05, 3.63) is 81.7 Å². The Morgan fingerprint density at radius 3 is 2.47 bits per heavy atom. The zero-order valence-electron chi connectivity index (χ0n) is 22.3. The Bertz CT molecular complexity index is 1360. The highest BCUT2D eigenvalue weighted by atomic mass is 32.1. The molecule has 0 radical (unpaired) electrons. The summed E-state index contributed by atoms with van der Waals surface area (Å²) in [6.07, 6.45) is 7.04. The standard InChI is InChI=1S/C31H34N2O4S/c1-5-31(2,3)21-11-16-24-25(18-21)38-30-27(24)29(35)32-28(33-30)20-9-14-23(15-10-20)37-26(34)17-8-19-6-12-22(36-4)13-7-19/h6-10,12-15,17,21,28,33H,5,11,16,18H2,1-4H3,(H,32,35)/b17-8+/t21-,28+/m1/s1. The first-order chi connectivity index (χ1) is 18.3. The number of hydrogen-bond donors (Lipinski definition) is 2. The van der Waals surface area contributed by atoms with Crippen LogP contribution >= 0.6 is 11.3 Å². The summed E-state index contributed by atoms with van der Waals surface area (Å²) in [4.78, 5) is 26.8. The average Bonchev–Trinajstić information content (AvgIpc) is 3.31. The van der Waals surface area contributed by atoms with E-state index < -0.39 is 5.97 Å². The van der Waals surface area contributed by atoms with E-state index in [-0.39, 0.29) is 12.1 Å². The van der Waals surface area contributed by atoms with Gasteiger partial charge in [-0.1, -0.05) is 51.5 Å². The van der Waals surface area contributed by atoms with Crippen molar-refractivity contribution in [2.45, 2.75) is 52.6 Å². The minimum Gasteiger partial charge on any atom is -0.497 e. The second-order valence-corrected chi connectivity index (χ2v) is 11.7. The highest BCUT2D eigenvalue weighted by Crippen LogP contribution is 2.47. The molecule has 2 aliphatic rings. The Kier molecular flexibility index (Phi) is 7.30. The molecule has 7 heteroatoms. The van der Waals surface area contributed by atoms with E-state index >= 15 is 0 Å². The van der Waals surface area contributed by atoms with Crippen molar-refractivity contribution in [3.63, 3.8) is 0 Å². The lowest BCUT2D eigenvalue weighted by atomic mass is 9.69. The number of benzene rings is 2. The molecule has 38 heavy (non-hydrogen) atoms. The zero-order chi connectivity index (χ0) is 26.9. The maximum Gasteiger partial charge on any atom is 0.336 e. The number of nitrogens with one attached hydrogen (secondary N) is 2. The van der Waals surface area contributed by atoms with E-state index in [2.05, 4.69) is 31.4 Å². The SMILES string of the molecule is CCC(C)(C)[C@@H]1CCc2c(sc3c2C(=O)N[C@H](c2ccc(OC(=O)/C=C/c4ccc(OC)cc4)cc2)N3)C1. The summed E-state index contributed by atoms with van der Waals surface area (Å²) in [5, 5.41) is 7.60. The number of ether oxygens (including phenoxy) is 2. The molecule has 0 bridgehead atoms. The van der Waals surface area contributed by atoms with Crippen molar-refractivity contribution in [2.75, 3.05) is 12.4 Å². The molecule has 0 spiro atoms. The Labute approximate surface area is 228 Å².